The SMILES string of the molecule is CCCCC(=O)OCC1ONCC(OC(=O)CCCC)C1O. The van der Waals surface area contributed by atoms with Crippen LogP contribution in [0.15, 0.2) is 0 Å². The number of hydroxylamine groups is 1. The number of carbonyl (C=O) groups is 2. The molecule has 3 unspecified atom stereocenters. The number of nitrogens with one attached hydrogen (secondary N) is 1. The van der Waals surface area contributed by atoms with Gasteiger partial charge < -0.3 is 14.6 Å². The van der Waals surface area contributed by atoms with E-state index < -0.39 is 18.3 Å². The highest BCUT2D eigenvalue weighted by atomic mass is 16.7. The lowest BCUT2D eigenvalue weighted by Crippen LogP contribution is -2.55. The van der Waals surface area contributed by atoms with E-state index in [1.807, 2.05) is 13.8 Å². The van der Waals surface area contributed by atoms with Crippen LogP contribution >= 0.6 is 0 Å². The minimum Gasteiger partial charge on any atom is -0.463 e. The summed E-state index contributed by atoms with van der Waals surface area (Å²) in [6, 6.07) is 0. The molecule has 128 valence electrons. The Morgan fingerprint density at radius 3 is 2.45 bits per heavy atom. The summed E-state index contributed by atoms with van der Waals surface area (Å²) in [5.74, 6) is -0.659. The predicted molar refractivity (Wildman–Crippen MR) is 78.8 cm³/mol. The van der Waals surface area contributed by atoms with E-state index in [1.54, 1.807) is 0 Å². The molecule has 0 radical (unpaired) electrons. The highest BCUT2D eigenvalue weighted by Gasteiger charge is 2.36. The summed E-state index contributed by atoms with van der Waals surface area (Å²) in [6.07, 6.45) is 1.55. The molecule has 1 fully saturated rings. The van der Waals surface area contributed by atoms with Gasteiger partial charge in [0, 0.05) is 12.8 Å². The molecule has 0 amide bonds. The zero-order valence-corrected chi connectivity index (χ0v) is 13.4. The zero-order chi connectivity index (χ0) is 16.4. The smallest absolute Gasteiger partial charge is 0.306 e. The van der Waals surface area contributed by atoms with Gasteiger partial charge in [-0.25, -0.2) is 0 Å². The molecule has 1 heterocycles. The van der Waals surface area contributed by atoms with Crippen LogP contribution < -0.4 is 5.48 Å². The van der Waals surface area contributed by atoms with Crippen molar-refractivity contribution in [2.45, 2.75) is 70.7 Å². The third kappa shape index (κ3) is 6.72. The molecule has 0 aromatic rings. The van der Waals surface area contributed by atoms with Gasteiger partial charge in [0.2, 0.25) is 0 Å². The summed E-state index contributed by atoms with van der Waals surface area (Å²) >= 11 is 0. The minimum atomic E-state index is -1.02. The number of aliphatic hydroxyl groups is 1. The van der Waals surface area contributed by atoms with Crippen LogP contribution in [0, 0.1) is 0 Å². The topological polar surface area (TPSA) is 94.1 Å². The Bertz CT molecular complexity index is 349. The second-order valence-electron chi connectivity index (χ2n) is 5.41. The van der Waals surface area contributed by atoms with E-state index in [2.05, 4.69) is 5.48 Å². The summed E-state index contributed by atoms with van der Waals surface area (Å²) in [4.78, 5) is 28.3. The van der Waals surface area contributed by atoms with Crippen LogP contribution in [0.4, 0.5) is 0 Å². The fraction of sp³-hybridized carbons (Fsp3) is 0.867. The van der Waals surface area contributed by atoms with Gasteiger partial charge in [0.05, 0.1) is 6.54 Å². The Kier molecular flexibility index (Phi) is 9.03. The maximum absolute atomic E-state index is 11.6. The van der Waals surface area contributed by atoms with Crippen LogP contribution in [0.2, 0.25) is 0 Å². The van der Waals surface area contributed by atoms with Gasteiger partial charge in [-0.1, -0.05) is 26.7 Å². The highest BCUT2D eigenvalue weighted by molar-refractivity contribution is 5.69. The standard InChI is InChI=1S/C15H27NO6/c1-3-5-7-13(17)20-10-12-15(19)11(9-16-22-12)21-14(18)8-6-4-2/h11-12,15-16,19H,3-10H2,1-2H3. The first kappa shape index (κ1) is 18.9. The molecule has 2 N–H and O–H groups in total. The van der Waals surface area contributed by atoms with Crippen LogP contribution in [-0.4, -0.2) is 48.5 Å². The van der Waals surface area contributed by atoms with Crippen molar-refractivity contribution in [3.05, 3.63) is 0 Å². The summed E-state index contributed by atoms with van der Waals surface area (Å²) in [6.45, 7) is 4.11. The van der Waals surface area contributed by atoms with E-state index in [0.717, 1.165) is 25.7 Å². The van der Waals surface area contributed by atoms with Crippen molar-refractivity contribution < 1.29 is 29.0 Å². The minimum absolute atomic E-state index is 0.0697. The first-order valence-electron chi connectivity index (χ1n) is 8.00. The summed E-state index contributed by atoms with van der Waals surface area (Å²) < 4.78 is 10.3. The number of hydrogen-bond donors (Lipinski definition) is 2. The number of esters is 2. The van der Waals surface area contributed by atoms with Crippen molar-refractivity contribution in [3.8, 4) is 0 Å². The number of ether oxygens (including phenoxy) is 2. The molecule has 0 saturated carbocycles. The molecule has 0 aromatic heterocycles. The van der Waals surface area contributed by atoms with Gasteiger partial charge >= 0.3 is 11.9 Å². The number of carbonyl (C=O) groups excluding carboxylic acids is 2. The second-order valence-corrected chi connectivity index (χ2v) is 5.41. The predicted octanol–water partition coefficient (Wildman–Crippen LogP) is 1.09. The Labute approximate surface area is 131 Å². The van der Waals surface area contributed by atoms with Crippen LogP contribution in [0.5, 0.6) is 0 Å². The number of hydrogen-bond acceptors (Lipinski definition) is 7. The van der Waals surface area contributed by atoms with Gasteiger partial charge in [-0.2, -0.15) is 5.48 Å². The monoisotopic (exact) mass is 317 g/mol. The van der Waals surface area contributed by atoms with Crippen molar-refractivity contribution in [2.75, 3.05) is 13.2 Å². The lowest BCUT2D eigenvalue weighted by Gasteiger charge is -2.34. The highest BCUT2D eigenvalue weighted by Crippen LogP contribution is 2.14. The third-order valence-corrected chi connectivity index (χ3v) is 3.44. The van der Waals surface area contributed by atoms with Crippen LogP contribution in [-0.2, 0) is 23.9 Å². The molecular weight excluding hydrogens is 290 g/mol. The fourth-order valence-corrected chi connectivity index (χ4v) is 2.03. The maximum Gasteiger partial charge on any atom is 0.306 e. The van der Waals surface area contributed by atoms with Crippen molar-refractivity contribution in [3.63, 3.8) is 0 Å². The normalized spacial score (nSPS) is 24.8. The fourth-order valence-electron chi connectivity index (χ4n) is 2.03. The largest absolute Gasteiger partial charge is 0.463 e. The van der Waals surface area contributed by atoms with Crippen molar-refractivity contribution in [2.24, 2.45) is 0 Å². The van der Waals surface area contributed by atoms with E-state index in [9.17, 15) is 14.7 Å². The van der Waals surface area contributed by atoms with E-state index in [1.165, 1.54) is 0 Å². The van der Waals surface area contributed by atoms with Crippen LogP contribution in [0.25, 0.3) is 0 Å². The van der Waals surface area contributed by atoms with E-state index in [0.29, 0.717) is 12.8 Å². The molecular formula is C15H27NO6. The molecule has 7 heteroatoms. The number of rotatable bonds is 9. The summed E-state index contributed by atoms with van der Waals surface area (Å²) in [5.41, 5.74) is 2.62. The lowest BCUT2D eigenvalue weighted by atomic mass is 10.1. The van der Waals surface area contributed by atoms with E-state index in [4.69, 9.17) is 14.3 Å². The van der Waals surface area contributed by atoms with Gasteiger partial charge in [0.25, 0.3) is 0 Å². The first-order chi connectivity index (χ1) is 10.6. The molecule has 1 saturated heterocycles. The van der Waals surface area contributed by atoms with Gasteiger partial charge in [-0.3, -0.25) is 14.4 Å². The molecule has 7 nitrogen and oxygen atoms in total. The van der Waals surface area contributed by atoms with Gasteiger partial charge in [0.15, 0.2) is 0 Å². The Balaban J connectivity index is 2.36. The molecule has 0 spiro atoms. The second kappa shape index (κ2) is 10.5. The Morgan fingerprint density at radius 2 is 1.82 bits per heavy atom. The average Bonchev–Trinajstić information content (AvgIpc) is 2.51. The third-order valence-electron chi connectivity index (χ3n) is 3.44. The molecule has 1 rings (SSSR count). The number of unbranched alkanes of at least 4 members (excludes halogenated alkanes) is 2. The number of aliphatic hydroxyl groups excluding tert-OH is 1. The van der Waals surface area contributed by atoms with E-state index in [-0.39, 0.29) is 25.1 Å². The first-order valence-corrected chi connectivity index (χ1v) is 8.00. The van der Waals surface area contributed by atoms with Crippen molar-refractivity contribution in [1.82, 2.24) is 5.48 Å². The average molecular weight is 317 g/mol. The molecule has 1 aliphatic rings. The molecule has 3 atom stereocenters. The van der Waals surface area contributed by atoms with Gasteiger partial charge in [-0.05, 0) is 12.8 Å². The van der Waals surface area contributed by atoms with Crippen LogP contribution in [0.1, 0.15) is 52.4 Å². The van der Waals surface area contributed by atoms with Crippen molar-refractivity contribution >= 4 is 11.9 Å². The molecule has 22 heavy (non-hydrogen) atoms. The quantitative estimate of drug-likeness (QED) is 0.615. The van der Waals surface area contributed by atoms with Crippen molar-refractivity contribution in [1.29, 1.82) is 0 Å². The van der Waals surface area contributed by atoms with Gasteiger partial charge in [0.1, 0.15) is 24.9 Å². The van der Waals surface area contributed by atoms with Gasteiger partial charge in [-0.15, -0.1) is 0 Å². The summed E-state index contributed by atoms with van der Waals surface area (Å²) in [7, 11) is 0. The lowest BCUT2D eigenvalue weighted by molar-refractivity contribution is -0.204. The molecule has 1 aliphatic heterocycles. The Morgan fingerprint density at radius 1 is 1.18 bits per heavy atom. The maximum atomic E-state index is 11.6. The molecule has 0 aliphatic carbocycles. The van der Waals surface area contributed by atoms with E-state index >= 15 is 0 Å². The van der Waals surface area contributed by atoms with Crippen LogP contribution in [0.3, 0.4) is 0 Å². The Hall–Kier alpha value is -1.18. The summed E-state index contributed by atoms with van der Waals surface area (Å²) in [5, 5.41) is 10.2. The zero-order valence-electron chi connectivity index (χ0n) is 13.4. The molecule has 0 bridgehead atoms. The molecule has 0 aromatic carbocycles.